The molecule has 2 aliphatic rings. The minimum atomic E-state index is -0.152. The number of carbonyl (C=O) groups excluding carboxylic acids is 1. The first-order chi connectivity index (χ1) is 12.7. The fourth-order valence-electron chi connectivity index (χ4n) is 3.07. The number of amides is 1. The Kier molecular flexibility index (Phi) is 4.57. The zero-order valence-electron chi connectivity index (χ0n) is 14.4. The van der Waals surface area contributed by atoms with E-state index in [1.165, 1.54) is 0 Å². The molecule has 0 unspecified atom stereocenters. The molecular weight excluding hydrogens is 336 g/mol. The van der Waals surface area contributed by atoms with Gasteiger partial charge in [-0.2, -0.15) is 0 Å². The van der Waals surface area contributed by atoms with E-state index in [4.69, 9.17) is 14.2 Å². The van der Waals surface area contributed by atoms with Crippen molar-refractivity contribution in [3.63, 3.8) is 0 Å². The molecule has 8 heteroatoms. The quantitative estimate of drug-likeness (QED) is 0.857. The maximum Gasteiger partial charge on any atom is 0.251 e. The summed E-state index contributed by atoms with van der Waals surface area (Å²) in [6.45, 7) is 3.12. The zero-order valence-corrected chi connectivity index (χ0v) is 14.4. The first-order valence-electron chi connectivity index (χ1n) is 8.53. The number of nitrogens with zero attached hydrogens (tertiary/aromatic N) is 2. The van der Waals surface area contributed by atoms with Gasteiger partial charge in [0.25, 0.3) is 5.91 Å². The molecule has 1 aromatic carbocycles. The Morgan fingerprint density at radius 3 is 2.96 bits per heavy atom. The summed E-state index contributed by atoms with van der Waals surface area (Å²) in [5.74, 6) is 2.51. The highest BCUT2D eigenvalue weighted by Gasteiger charge is 2.28. The topological polar surface area (TPSA) is 94.6 Å². The molecule has 2 aromatic rings. The van der Waals surface area contributed by atoms with Gasteiger partial charge in [-0.25, -0.2) is 9.97 Å². The number of aromatic nitrogens is 2. The Morgan fingerprint density at radius 1 is 1.19 bits per heavy atom. The van der Waals surface area contributed by atoms with Crippen LogP contribution in [0, 0.1) is 6.92 Å². The molecule has 4 rings (SSSR count). The molecule has 3 heterocycles. The van der Waals surface area contributed by atoms with E-state index in [0.29, 0.717) is 36.1 Å². The summed E-state index contributed by atoms with van der Waals surface area (Å²) in [4.78, 5) is 21.1. The van der Waals surface area contributed by atoms with Gasteiger partial charge in [-0.1, -0.05) is 0 Å². The summed E-state index contributed by atoms with van der Waals surface area (Å²) in [5, 5.41) is 6.42. The van der Waals surface area contributed by atoms with E-state index in [1.807, 2.05) is 6.92 Å². The fraction of sp³-hybridized carbons (Fsp3) is 0.389. The van der Waals surface area contributed by atoms with Gasteiger partial charge in [0.05, 0.1) is 18.7 Å². The van der Waals surface area contributed by atoms with E-state index in [1.54, 1.807) is 30.5 Å². The van der Waals surface area contributed by atoms with Gasteiger partial charge in [0.15, 0.2) is 11.5 Å². The number of carbonyl (C=O) groups is 1. The summed E-state index contributed by atoms with van der Waals surface area (Å²) < 4.78 is 16.2. The number of nitrogens with one attached hydrogen (secondary N) is 2. The Morgan fingerprint density at radius 2 is 2.08 bits per heavy atom. The van der Waals surface area contributed by atoms with Gasteiger partial charge in [-0.05, 0) is 37.6 Å². The van der Waals surface area contributed by atoms with E-state index in [9.17, 15) is 4.79 Å². The van der Waals surface area contributed by atoms with Crippen LogP contribution < -0.4 is 20.1 Å². The Balaban J connectivity index is 1.45. The third kappa shape index (κ3) is 3.55. The third-order valence-electron chi connectivity index (χ3n) is 4.42. The van der Waals surface area contributed by atoms with Crippen LogP contribution in [-0.4, -0.2) is 48.0 Å². The van der Waals surface area contributed by atoms with Crippen molar-refractivity contribution in [3.8, 4) is 11.5 Å². The molecule has 8 nitrogen and oxygen atoms in total. The first-order valence-corrected chi connectivity index (χ1v) is 8.53. The lowest BCUT2D eigenvalue weighted by atomic mass is 10.0. The predicted octanol–water partition coefficient (Wildman–Crippen LogP) is 1.51. The van der Waals surface area contributed by atoms with Gasteiger partial charge in [-0.3, -0.25) is 4.79 Å². The smallest absolute Gasteiger partial charge is 0.251 e. The third-order valence-corrected chi connectivity index (χ3v) is 4.42. The number of aryl methyl sites for hydroxylation is 1. The molecule has 0 saturated carbocycles. The van der Waals surface area contributed by atoms with Crippen LogP contribution >= 0.6 is 0 Å². The molecule has 1 aromatic heterocycles. The number of benzene rings is 1. The normalized spacial score (nSPS) is 21.3. The van der Waals surface area contributed by atoms with Crippen LogP contribution in [-0.2, 0) is 4.74 Å². The lowest BCUT2D eigenvalue weighted by Crippen LogP contribution is -2.52. The van der Waals surface area contributed by atoms with Crippen molar-refractivity contribution in [1.82, 2.24) is 15.3 Å². The monoisotopic (exact) mass is 356 g/mol. The standard InChI is InChI=1S/C18H20N4O4/c1-11-19-6-4-17(20-11)21-14-9-24-7-5-13(14)22-18(23)12-2-3-15-16(8-12)26-10-25-15/h2-4,6,8,13-14H,5,7,9-10H2,1H3,(H,22,23)(H,19,20,21)/t13-,14+/m0/s1. The average molecular weight is 356 g/mol. The van der Waals surface area contributed by atoms with Gasteiger partial charge in [-0.15, -0.1) is 0 Å². The van der Waals surface area contributed by atoms with Gasteiger partial charge < -0.3 is 24.8 Å². The van der Waals surface area contributed by atoms with Crippen LogP contribution in [0.15, 0.2) is 30.5 Å². The second kappa shape index (κ2) is 7.17. The van der Waals surface area contributed by atoms with Gasteiger partial charge in [0, 0.05) is 18.4 Å². The maximum atomic E-state index is 12.7. The lowest BCUT2D eigenvalue weighted by Gasteiger charge is -2.33. The number of hydrogen-bond donors (Lipinski definition) is 2. The summed E-state index contributed by atoms with van der Waals surface area (Å²) in [6.07, 6.45) is 2.42. The molecular formula is C18H20N4O4. The molecule has 2 aliphatic heterocycles. The Bertz CT molecular complexity index is 814. The maximum absolute atomic E-state index is 12.7. The number of rotatable bonds is 4. The van der Waals surface area contributed by atoms with Crippen LogP contribution in [0.4, 0.5) is 5.82 Å². The van der Waals surface area contributed by atoms with E-state index in [0.717, 1.165) is 12.2 Å². The SMILES string of the molecule is Cc1nccc(N[C@@H]2COCC[C@@H]2NC(=O)c2ccc3c(c2)OCO3)n1. The molecule has 1 fully saturated rings. The Hall–Kier alpha value is -2.87. The highest BCUT2D eigenvalue weighted by Crippen LogP contribution is 2.32. The van der Waals surface area contributed by atoms with E-state index in [-0.39, 0.29) is 24.8 Å². The summed E-state index contributed by atoms with van der Waals surface area (Å²) in [6, 6.07) is 6.85. The highest BCUT2D eigenvalue weighted by atomic mass is 16.7. The molecule has 26 heavy (non-hydrogen) atoms. The van der Waals surface area contributed by atoms with Crippen molar-refractivity contribution in [2.45, 2.75) is 25.4 Å². The van der Waals surface area contributed by atoms with Crippen LogP contribution in [0.3, 0.4) is 0 Å². The Labute approximate surface area is 150 Å². The number of ether oxygens (including phenoxy) is 3. The molecule has 2 atom stereocenters. The minimum Gasteiger partial charge on any atom is -0.454 e. The van der Waals surface area contributed by atoms with Crippen LogP contribution in [0.1, 0.15) is 22.6 Å². The van der Waals surface area contributed by atoms with Crippen molar-refractivity contribution in [3.05, 3.63) is 41.9 Å². The van der Waals surface area contributed by atoms with E-state index >= 15 is 0 Å². The summed E-state index contributed by atoms with van der Waals surface area (Å²) >= 11 is 0. The molecule has 1 amide bonds. The highest BCUT2D eigenvalue weighted by molar-refractivity contribution is 5.95. The van der Waals surface area contributed by atoms with Gasteiger partial charge in [0.1, 0.15) is 11.6 Å². The molecule has 0 aliphatic carbocycles. The predicted molar refractivity (Wildman–Crippen MR) is 93.4 cm³/mol. The summed E-state index contributed by atoms with van der Waals surface area (Å²) in [7, 11) is 0. The summed E-state index contributed by atoms with van der Waals surface area (Å²) in [5.41, 5.74) is 0.539. The zero-order chi connectivity index (χ0) is 17.9. The molecule has 0 radical (unpaired) electrons. The van der Waals surface area contributed by atoms with Crippen LogP contribution in [0.2, 0.25) is 0 Å². The number of fused-ring (bicyclic) bond motifs is 1. The van der Waals surface area contributed by atoms with Crippen LogP contribution in [0.5, 0.6) is 11.5 Å². The number of anilines is 1. The lowest BCUT2D eigenvalue weighted by molar-refractivity contribution is 0.0620. The van der Waals surface area contributed by atoms with Crippen LogP contribution in [0.25, 0.3) is 0 Å². The minimum absolute atomic E-state index is 0.0723. The van der Waals surface area contributed by atoms with Crippen molar-refractivity contribution < 1.29 is 19.0 Å². The molecule has 0 spiro atoms. The van der Waals surface area contributed by atoms with Crippen molar-refractivity contribution >= 4 is 11.7 Å². The number of hydrogen-bond acceptors (Lipinski definition) is 7. The molecule has 2 N–H and O–H groups in total. The largest absolute Gasteiger partial charge is 0.454 e. The molecule has 136 valence electrons. The van der Waals surface area contributed by atoms with E-state index in [2.05, 4.69) is 20.6 Å². The second-order valence-electron chi connectivity index (χ2n) is 6.25. The molecule has 0 bridgehead atoms. The van der Waals surface area contributed by atoms with E-state index < -0.39 is 0 Å². The first kappa shape index (κ1) is 16.6. The average Bonchev–Trinajstić information content (AvgIpc) is 3.11. The molecule has 1 saturated heterocycles. The van der Waals surface area contributed by atoms with Gasteiger partial charge >= 0.3 is 0 Å². The van der Waals surface area contributed by atoms with Crippen molar-refractivity contribution in [2.24, 2.45) is 0 Å². The van der Waals surface area contributed by atoms with Crippen molar-refractivity contribution in [1.29, 1.82) is 0 Å². The fourth-order valence-corrected chi connectivity index (χ4v) is 3.07. The van der Waals surface area contributed by atoms with Gasteiger partial charge in [0.2, 0.25) is 6.79 Å². The van der Waals surface area contributed by atoms with Crippen molar-refractivity contribution in [2.75, 3.05) is 25.3 Å². The second-order valence-corrected chi connectivity index (χ2v) is 6.25.